The molecular weight excluding hydrogens is 320 g/mol. The molecule has 2 aromatic heterocycles. The molecule has 0 aliphatic heterocycles. The van der Waals surface area contributed by atoms with Gasteiger partial charge in [-0.1, -0.05) is 0 Å². The number of ether oxygens (including phenoxy) is 1. The highest BCUT2D eigenvalue weighted by Crippen LogP contribution is 2.26. The summed E-state index contributed by atoms with van der Waals surface area (Å²) in [5, 5.41) is 7.05. The third-order valence-corrected chi connectivity index (χ3v) is 4.41. The third kappa shape index (κ3) is 3.61. The molecule has 0 bridgehead atoms. The maximum absolute atomic E-state index is 12.4. The molecule has 25 heavy (non-hydrogen) atoms. The number of carbonyl (C=O) groups is 1. The van der Waals surface area contributed by atoms with E-state index in [1.54, 1.807) is 6.08 Å². The molecule has 0 atom stereocenters. The van der Waals surface area contributed by atoms with Crippen molar-refractivity contribution in [3.63, 3.8) is 0 Å². The second-order valence-electron chi connectivity index (χ2n) is 6.72. The Bertz CT molecular complexity index is 969. The Hall–Kier alpha value is -2.54. The van der Waals surface area contributed by atoms with E-state index in [2.05, 4.69) is 15.2 Å². The fourth-order valence-corrected chi connectivity index (χ4v) is 2.86. The van der Waals surface area contributed by atoms with Crippen LogP contribution in [0.25, 0.3) is 11.6 Å². The molecule has 2 aromatic rings. The molecule has 7 heteroatoms. The van der Waals surface area contributed by atoms with Gasteiger partial charge in [0.05, 0.1) is 16.1 Å². The highest BCUT2D eigenvalue weighted by atomic mass is 16.5. The van der Waals surface area contributed by atoms with Gasteiger partial charge >= 0.3 is 5.97 Å². The minimum atomic E-state index is -0.340. The van der Waals surface area contributed by atoms with E-state index >= 15 is 0 Å². The Labute approximate surface area is 145 Å². The summed E-state index contributed by atoms with van der Waals surface area (Å²) in [5.41, 5.74) is 3.91. The quantitative estimate of drug-likeness (QED) is 0.673. The van der Waals surface area contributed by atoms with Crippen LogP contribution >= 0.6 is 0 Å². The van der Waals surface area contributed by atoms with Crippen LogP contribution in [0.5, 0.6) is 0 Å². The van der Waals surface area contributed by atoms with Crippen LogP contribution in [0.15, 0.2) is 4.79 Å². The smallest absolute Gasteiger partial charge is 0.340 e. The Morgan fingerprint density at radius 1 is 1.24 bits per heavy atom. The van der Waals surface area contributed by atoms with Crippen molar-refractivity contribution >= 4 is 17.6 Å². The number of rotatable bonds is 5. The Morgan fingerprint density at radius 2 is 1.96 bits per heavy atom. The van der Waals surface area contributed by atoms with E-state index < -0.39 is 0 Å². The highest BCUT2D eigenvalue weighted by Gasteiger charge is 2.19. The minimum Gasteiger partial charge on any atom is -0.461 e. The summed E-state index contributed by atoms with van der Waals surface area (Å²) in [5.74, 6) is -0.340. The second-order valence-corrected chi connectivity index (χ2v) is 6.72. The number of hydrogen-bond donors (Lipinski definition) is 3. The molecule has 7 nitrogen and oxygen atoms in total. The maximum atomic E-state index is 12.4. The van der Waals surface area contributed by atoms with Crippen LogP contribution < -0.4 is 16.1 Å². The van der Waals surface area contributed by atoms with Gasteiger partial charge in [0.2, 0.25) is 0 Å². The van der Waals surface area contributed by atoms with Crippen molar-refractivity contribution in [3.8, 4) is 0 Å². The van der Waals surface area contributed by atoms with Crippen molar-refractivity contribution in [1.29, 1.82) is 0 Å². The summed E-state index contributed by atoms with van der Waals surface area (Å²) in [6.07, 6.45) is 3.83. The molecule has 134 valence electrons. The van der Waals surface area contributed by atoms with Gasteiger partial charge in [0.25, 0.3) is 5.56 Å². The second kappa shape index (κ2) is 6.76. The van der Waals surface area contributed by atoms with Gasteiger partial charge in [0.15, 0.2) is 0 Å². The summed E-state index contributed by atoms with van der Waals surface area (Å²) in [6, 6.07) is 0. The Balaban J connectivity index is 1.95. The zero-order valence-corrected chi connectivity index (χ0v) is 15.1. The zero-order valence-electron chi connectivity index (χ0n) is 15.1. The first-order valence-corrected chi connectivity index (χ1v) is 8.40. The van der Waals surface area contributed by atoms with Crippen molar-refractivity contribution in [3.05, 3.63) is 43.4 Å². The van der Waals surface area contributed by atoms with Crippen molar-refractivity contribution < 1.29 is 9.53 Å². The molecule has 2 heterocycles. The lowest BCUT2D eigenvalue weighted by Crippen LogP contribution is -2.33. The monoisotopic (exact) mass is 344 g/mol. The van der Waals surface area contributed by atoms with Crippen LogP contribution in [0.4, 0.5) is 0 Å². The average Bonchev–Trinajstić information content (AvgIpc) is 3.25. The Morgan fingerprint density at radius 3 is 2.60 bits per heavy atom. The number of aromatic nitrogens is 3. The van der Waals surface area contributed by atoms with Crippen LogP contribution in [0.2, 0.25) is 0 Å². The summed E-state index contributed by atoms with van der Waals surface area (Å²) in [6.45, 7) is 4.72. The summed E-state index contributed by atoms with van der Waals surface area (Å²) < 4.78 is 5.35. The van der Waals surface area contributed by atoms with Gasteiger partial charge < -0.3 is 14.6 Å². The summed E-state index contributed by atoms with van der Waals surface area (Å²) in [4.78, 5) is 29.6. The first-order valence-electron chi connectivity index (χ1n) is 8.40. The van der Waals surface area contributed by atoms with Gasteiger partial charge in [-0.15, -0.1) is 0 Å². The fourth-order valence-electron chi connectivity index (χ4n) is 2.86. The SMILES string of the molecule is Cc1[nH]c(C=c2c(=O)[nH][nH]c2=C2CC2)c(C)c1C(=O)OCCN(C)C. The zero-order chi connectivity index (χ0) is 18.1. The van der Waals surface area contributed by atoms with Crippen LogP contribution in [0, 0.1) is 13.8 Å². The molecular formula is C18H24N4O3. The van der Waals surface area contributed by atoms with Crippen LogP contribution in [-0.2, 0) is 4.74 Å². The molecule has 0 amide bonds. The van der Waals surface area contributed by atoms with Gasteiger partial charge in [-0.05, 0) is 58.0 Å². The van der Waals surface area contributed by atoms with Gasteiger partial charge in [0, 0.05) is 17.9 Å². The lowest BCUT2D eigenvalue weighted by Gasteiger charge is -2.10. The molecule has 1 saturated carbocycles. The maximum Gasteiger partial charge on any atom is 0.340 e. The molecule has 0 aromatic carbocycles. The number of esters is 1. The molecule has 1 aliphatic carbocycles. The number of carbonyl (C=O) groups excluding carboxylic acids is 1. The standard InChI is InChI=1S/C18H24N4O3/c1-10-14(9-13-16(12-5-6-12)20-21-17(13)23)19-11(2)15(10)18(24)25-8-7-22(3)4/h9,19-20H,5-8H2,1-4H3,(H,21,23). The van der Waals surface area contributed by atoms with Gasteiger partial charge in [-0.3, -0.25) is 15.0 Å². The number of nitrogens with one attached hydrogen (secondary N) is 3. The molecule has 3 rings (SSSR count). The van der Waals surface area contributed by atoms with E-state index in [0.717, 1.165) is 35.1 Å². The minimum absolute atomic E-state index is 0.156. The van der Waals surface area contributed by atoms with Crippen LogP contribution in [-0.4, -0.2) is 53.3 Å². The molecule has 0 spiro atoms. The first kappa shape index (κ1) is 17.3. The lowest BCUT2D eigenvalue weighted by atomic mass is 10.1. The van der Waals surface area contributed by atoms with E-state index in [4.69, 9.17) is 4.74 Å². The number of nitrogens with zero attached hydrogens (tertiary/aromatic N) is 1. The number of hydrogen-bond acceptors (Lipinski definition) is 4. The molecule has 0 unspecified atom stereocenters. The normalized spacial score (nSPS) is 14.4. The summed E-state index contributed by atoms with van der Waals surface area (Å²) >= 11 is 0. The van der Waals surface area contributed by atoms with E-state index in [1.807, 2.05) is 32.8 Å². The van der Waals surface area contributed by atoms with E-state index in [0.29, 0.717) is 23.9 Å². The number of likely N-dealkylation sites (N-methyl/N-ethyl adjacent to an activating group) is 1. The number of aromatic amines is 3. The van der Waals surface area contributed by atoms with Crippen molar-refractivity contribution in [2.45, 2.75) is 26.7 Å². The molecule has 0 saturated heterocycles. The van der Waals surface area contributed by atoms with Crippen molar-refractivity contribution in [2.75, 3.05) is 27.2 Å². The number of aryl methyl sites for hydroxylation is 1. The van der Waals surface area contributed by atoms with E-state index in [-0.39, 0.29) is 11.5 Å². The lowest BCUT2D eigenvalue weighted by molar-refractivity contribution is 0.0480. The molecule has 1 aliphatic rings. The van der Waals surface area contributed by atoms with Gasteiger partial charge in [0.1, 0.15) is 6.61 Å². The van der Waals surface area contributed by atoms with E-state index in [9.17, 15) is 9.59 Å². The van der Waals surface area contributed by atoms with Gasteiger partial charge in [-0.2, -0.15) is 0 Å². The molecule has 3 N–H and O–H groups in total. The molecule has 1 fully saturated rings. The third-order valence-electron chi connectivity index (χ3n) is 4.41. The average molecular weight is 344 g/mol. The Kier molecular flexibility index (Phi) is 4.67. The van der Waals surface area contributed by atoms with Crippen LogP contribution in [0.3, 0.4) is 0 Å². The van der Waals surface area contributed by atoms with Crippen LogP contribution in [0.1, 0.15) is 40.2 Å². The van der Waals surface area contributed by atoms with Crippen molar-refractivity contribution in [2.24, 2.45) is 0 Å². The summed E-state index contributed by atoms with van der Waals surface area (Å²) in [7, 11) is 3.86. The topological polar surface area (TPSA) is 94.0 Å². The number of H-pyrrole nitrogens is 3. The van der Waals surface area contributed by atoms with E-state index in [1.165, 1.54) is 5.57 Å². The highest BCUT2D eigenvalue weighted by molar-refractivity contribution is 5.93. The predicted octanol–water partition coefficient (Wildman–Crippen LogP) is 0.140. The molecule has 0 radical (unpaired) electrons. The predicted molar refractivity (Wildman–Crippen MR) is 96.0 cm³/mol. The van der Waals surface area contributed by atoms with Crippen molar-refractivity contribution in [1.82, 2.24) is 20.1 Å². The van der Waals surface area contributed by atoms with Gasteiger partial charge in [-0.25, -0.2) is 4.79 Å². The largest absolute Gasteiger partial charge is 0.461 e. The first-order chi connectivity index (χ1) is 11.9. The fraction of sp³-hybridized carbons (Fsp3) is 0.444.